The molecule has 89 valence electrons. The summed E-state index contributed by atoms with van der Waals surface area (Å²) in [5, 5.41) is 16.7. The molecule has 0 aromatic heterocycles. The van der Waals surface area contributed by atoms with Crippen molar-refractivity contribution in [1.29, 1.82) is 0 Å². The van der Waals surface area contributed by atoms with Gasteiger partial charge in [0.15, 0.2) is 11.6 Å². The van der Waals surface area contributed by atoms with Crippen molar-refractivity contribution < 1.29 is 36.6 Å². The molecule has 0 aromatic rings. The maximum atomic E-state index is 10.0. The first-order chi connectivity index (χ1) is 6.25. The van der Waals surface area contributed by atoms with Crippen LogP contribution in [0, 0.1) is 0 Å². The molecule has 0 heterocycles. The molecule has 0 aliphatic heterocycles. The Morgan fingerprint density at radius 2 is 1.00 bits per heavy atom. The van der Waals surface area contributed by atoms with Gasteiger partial charge in [-0.3, -0.25) is 9.59 Å². The van der Waals surface area contributed by atoms with Gasteiger partial charge in [-0.15, -0.1) is 0 Å². The topological polar surface area (TPSA) is 74.6 Å². The summed E-state index contributed by atoms with van der Waals surface area (Å²) in [7, 11) is 0. The van der Waals surface area contributed by atoms with Crippen LogP contribution in [0.15, 0.2) is 23.7 Å². The fourth-order valence-corrected chi connectivity index (χ4v) is 0.588. The van der Waals surface area contributed by atoms with E-state index in [4.69, 9.17) is 10.2 Å². The van der Waals surface area contributed by atoms with Gasteiger partial charge in [-0.2, -0.15) is 0 Å². The number of aliphatic hydroxyl groups is 2. The smallest absolute Gasteiger partial charge is 0.155 e. The minimum absolute atomic E-state index is 0. The molecule has 0 aliphatic rings. The van der Waals surface area contributed by atoms with Crippen LogP contribution in [0.4, 0.5) is 0 Å². The second kappa shape index (κ2) is 11.0. The molecule has 0 saturated carbocycles. The molecule has 15 heavy (non-hydrogen) atoms. The van der Waals surface area contributed by atoms with E-state index in [9.17, 15) is 9.59 Å². The molecule has 0 unspecified atom stereocenters. The summed E-state index contributed by atoms with van der Waals surface area (Å²) < 4.78 is 0. The van der Waals surface area contributed by atoms with E-state index in [1.165, 1.54) is 39.8 Å². The van der Waals surface area contributed by atoms with Crippen molar-refractivity contribution in [3.63, 3.8) is 0 Å². The Morgan fingerprint density at radius 1 is 0.800 bits per heavy atom. The summed E-state index contributed by atoms with van der Waals surface area (Å²) in [6, 6.07) is 0. The predicted octanol–water partition coefficient (Wildman–Crippen LogP) is 2.07. The molecule has 0 rings (SSSR count). The van der Waals surface area contributed by atoms with E-state index in [1.54, 1.807) is 0 Å². The molecular formula is C10H16CoO4. The van der Waals surface area contributed by atoms with Crippen LogP contribution in [0.25, 0.3) is 0 Å². The Kier molecular flexibility index (Phi) is 14.3. The Hall–Kier alpha value is -1.07. The molecule has 1 radical (unpaired) electrons. The summed E-state index contributed by atoms with van der Waals surface area (Å²) in [4.78, 5) is 20.0. The third kappa shape index (κ3) is 32.2. The van der Waals surface area contributed by atoms with Gasteiger partial charge in [-0.1, -0.05) is 0 Å². The summed E-state index contributed by atoms with van der Waals surface area (Å²) in [6.07, 6.45) is 2.33. The van der Waals surface area contributed by atoms with Crippen molar-refractivity contribution in [3.8, 4) is 0 Å². The van der Waals surface area contributed by atoms with Crippen LogP contribution in [0.3, 0.4) is 0 Å². The molecule has 0 atom stereocenters. The summed E-state index contributed by atoms with van der Waals surface area (Å²) in [6.45, 7) is 5.70. The van der Waals surface area contributed by atoms with Gasteiger partial charge in [0.1, 0.15) is 0 Å². The molecule has 0 bridgehead atoms. The van der Waals surface area contributed by atoms with Gasteiger partial charge in [0, 0.05) is 28.9 Å². The summed E-state index contributed by atoms with van der Waals surface area (Å²) >= 11 is 0. The molecule has 0 saturated heterocycles. The van der Waals surface area contributed by atoms with Crippen molar-refractivity contribution in [2.45, 2.75) is 27.7 Å². The Balaban J connectivity index is -0.000000180. The van der Waals surface area contributed by atoms with E-state index >= 15 is 0 Å². The van der Waals surface area contributed by atoms with Crippen molar-refractivity contribution in [3.05, 3.63) is 23.7 Å². The van der Waals surface area contributed by atoms with E-state index in [-0.39, 0.29) is 39.9 Å². The van der Waals surface area contributed by atoms with Crippen LogP contribution in [0.5, 0.6) is 0 Å². The van der Waals surface area contributed by atoms with Crippen molar-refractivity contribution in [1.82, 2.24) is 0 Å². The number of hydrogen-bond acceptors (Lipinski definition) is 4. The van der Waals surface area contributed by atoms with E-state index in [0.29, 0.717) is 0 Å². The minimum Gasteiger partial charge on any atom is -0.512 e. The third-order valence-corrected chi connectivity index (χ3v) is 0.824. The molecule has 2 N–H and O–H groups in total. The van der Waals surface area contributed by atoms with Gasteiger partial charge in [0.25, 0.3) is 0 Å². The molecule has 0 aliphatic carbocycles. The Bertz CT molecular complexity index is 231. The van der Waals surface area contributed by atoms with Crippen LogP contribution < -0.4 is 0 Å². The van der Waals surface area contributed by atoms with Crippen molar-refractivity contribution in [2.24, 2.45) is 0 Å². The normalized spacial score (nSPS) is 10.7. The van der Waals surface area contributed by atoms with E-state index in [0.717, 1.165) is 0 Å². The van der Waals surface area contributed by atoms with Crippen molar-refractivity contribution in [2.75, 3.05) is 0 Å². The number of rotatable bonds is 2. The second-order valence-electron chi connectivity index (χ2n) is 2.79. The zero-order chi connectivity index (χ0) is 11.7. The standard InChI is InChI=1S/2C5H8O2.Co/c2*1-4(6)3-5(2)7;/h2*3,6H,1-2H3;. The number of carbonyl (C=O) groups is 2. The number of hydrogen-bond donors (Lipinski definition) is 2. The Labute approximate surface area is 99.9 Å². The number of carbonyl (C=O) groups excluding carboxylic acids is 2. The van der Waals surface area contributed by atoms with Crippen LogP contribution >= 0.6 is 0 Å². The van der Waals surface area contributed by atoms with Gasteiger partial charge < -0.3 is 10.2 Å². The molecule has 5 heteroatoms. The molecule has 0 aromatic carbocycles. The summed E-state index contributed by atoms with van der Waals surface area (Å²) in [5.41, 5.74) is 0. The molecule has 0 spiro atoms. The first kappa shape index (κ1) is 19.5. The fraction of sp³-hybridized carbons (Fsp3) is 0.400. The van der Waals surface area contributed by atoms with Crippen LogP contribution in [0.2, 0.25) is 0 Å². The number of allylic oxidation sites excluding steroid dienone is 4. The average Bonchev–Trinajstić information content (AvgIpc) is 1.79. The van der Waals surface area contributed by atoms with Gasteiger partial charge >= 0.3 is 0 Å². The SMILES string of the molecule is CC(=O)C=C(C)O.CC(=O)C=C(C)O.[Co]. The average molecular weight is 259 g/mol. The maximum absolute atomic E-state index is 10.0. The predicted molar refractivity (Wildman–Crippen MR) is 54.1 cm³/mol. The van der Waals surface area contributed by atoms with Crippen LogP contribution in [-0.2, 0) is 26.4 Å². The van der Waals surface area contributed by atoms with Gasteiger partial charge in [0.05, 0.1) is 11.5 Å². The third-order valence-electron chi connectivity index (χ3n) is 0.824. The molecule has 4 nitrogen and oxygen atoms in total. The monoisotopic (exact) mass is 259 g/mol. The zero-order valence-electron chi connectivity index (χ0n) is 9.20. The van der Waals surface area contributed by atoms with Crippen molar-refractivity contribution >= 4 is 11.6 Å². The van der Waals surface area contributed by atoms with Crippen LogP contribution in [-0.4, -0.2) is 21.8 Å². The Morgan fingerprint density at radius 3 is 1.00 bits per heavy atom. The minimum atomic E-state index is -0.125. The fourth-order valence-electron chi connectivity index (χ4n) is 0.588. The molecule has 0 amide bonds. The van der Waals surface area contributed by atoms with Gasteiger partial charge in [-0.05, 0) is 27.7 Å². The number of aliphatic hydroxyl groups excluding tert-OH is 2. The van der Waals surface area contributed by atoms with E-state index in [1.807, 2.05) is 0 Å². The molecular weight excluding hydrogens is 243 g/mol. The number of ketones is 2. The second-order valence-corrected chi connectivity index (χ2v) is 2.79. The van der Waals surface area contributed by atoms with E-state index in [2.05, 4.69) is 0 Å². The molecule has 0 fully saturated rings. The first-order valence-electron chi connectivity index (χ1n) is 4.01. The van der Waals surface area contributed by atoms with E-state index < -0.39 is 0 Å². The largest absolute Gasteiger partial charge is 0.512 e. The maximum Gasteiger partial charge on any atom is 0.155 e. The zero-order valence-corrected chi connectivity index (χ0v) is 10.2. The van der Waals surface area contributed by atoms with Gasteiger partial charge in [-0.25, -0.2) is 0 Å². The van der Waals surface area contributed by atoms with Crippen LogP contribution in [0.1, 0.15) is 27.7 Å². The first-order valence-corrected chi connectivity index (χ1v) is 4.01. The van der Waals surface area contributed by atoms with Gasteiger partial charge in [0.2, 0.25) is 0 Å². The quantitative estimate of drug-likeness (QED) is 0.588. The summed E-state index contributed by atoms with van der Waals surface area (Å²) in [5.74, 6) is -0.125.